The molecule has 0 saturated heterocycles. The fourth-order valence-electron chi connectivity index (χ4n) is 3.41. The smallest absolute Gasteiger partial charge is 0.278 e. The summed E-state index contributed by atoms with van der Waals surface area (Å²) < 4.78 is 7.59. The molecule has 0 aliphatic rings. The van der Waals surface area contributed by atoms with E-state index in [-0.39, 0.29) is 12.3 Å². The zero-order valence-corrected chi connectivity index (χ0v) is 17.0. The van der Waals surface area contributed by atoms with Crippen molar-refractivity contribution < 1.29 is 19.8 Å². The largest absolute Gasteiger partial charge is 0.383 e. The van der Waals surface area contributed by atoms with Crippen LogP contribution in [0.3, 0.4) is 0 Å². The highest BCUT2D eigenvalue weighted by atomic mass is 16.5. The average Bonchev–Trinajstić information content (AvgIpc) is 3.26. The molecule has 0 saturated carbocycles. The molecule has 4 rings (SSSR count). The van der Waals surface area contributed by atoms with Crippen LogP contribution in [0.2, 0.25) is 0 Å². The van der Waals surface area contributed by atoms with Gasteiger partial charge in [0.15, 0.2) is 5.60 Å². The van der Waals surface area contributed by atoms with Gasteiger partial charge in [0.1, 0.15) is 11.8 Å². The van der Waals surface area contributed by atoms with Crippen LogP contribution < -0.4 is 5.48 Å². The van der Waals surface area contributed by atoms with Crippen molar-refractivity contribution in [1.29, 1.82) is 0 Å². The number of amides is 1. The Morgan fingerprint density at radius 3 is 2.42 bits per heavy atom. The fourth-order valence-corrected chi connectivity index (χ4v) is 3.41. The van der Waals surface area contributed by atoms with Gasteiger partial charge in [-0.3, -0.25) is 10.0 Å². The van der Waals surface area contributed by atoms with E-state index in [1.54, 1.807) is 28.3 Å². The number of aliphatic hydroxyl groups excluding tert-OH is 1. The lowest BCUT2D eigenvalue weighted by Gasteiger charge is -2.31. The molecule has 1 amide bonds. The van der Waals surface area contributed by atoms with Crippen molar-refractivity contribution in [2.75, 3.05) is 0 Å². The third kappa shape index (κ3) is 4.20. The highest BCUT2D eigenvalue weighted by molar-refractivity contribution is 5.84. The quantitative estimate of drug-likeness (QED) is 0.316. The van der Waals surface area contributed by atoms with E-state index in [4.69, 9.17) is 4.74 Å². The topological polar surface area (TPSA) is 96.1 Å². The molecular formula is C24H23N3O4. The second-order valence-electron chi connectivity index (χ2n) is 7.43. The molecule has 0 aliphatic heterocycles. The molecule has 0 unspecified atom stereocenters. The summed E-state index contributed by atoms with van der Waals surface area (Å²) in [7, 11) is 0. The predicted molar refractivity (Wildman–Crippen MR) is 115 cm³/mol. The third-order valence-corrected chi connectivity index (χ3v) is 5.34. The molecule has 2 atom stereocenters. The molecule has 0 fully saturated rings. The number of pyridine rings is 1. The molecule has 0 aliphatic carbocycles. The zero-order chi connectivity index (χ0) is 21.8. The first kappa shape index (κ1) is 20.7. The number of hydrogen-bond acceptors (Lipinski definition) is 5. The Kier molecular flexibility index (Phi) is 5.81. The molecule has 0 spiro atoms. The number of carbonyl (C=O) groups is 1. The number of rotatable bonds is 7. The van der Waals surface area contributed by atoms with Gasteiger partial charge in [0.25, 0.3) is 5.91 Å². The van der Waals surface area contributed by atoms with Crippen molar-refractivity contribution in [3.05, 3.63) is 96.4 Å². The van der Waals surface area contributed by atoms with Crippen molar-refractivity contribution >= 4 is 11.6 Å². The highest BCUT2D eigenvalue weighted by Gasteiger charge is 2.44. The van der Waals surface area contributed by atoms with Crippen LogP contribution in [0.25, 0.3) is 16.8 Å². The maximum Gasteiger partial charge on any atom is 0.278 e. The Bertz CT molecular complexity index is 1140. The molecule has 2 heterocycles. The molecule has 2 aromatic heterocycles. The average molecular weight is 417 g/mol. The molecule has 158 valence electrons. The Morgan fingerprint density at radius 2 is 1.74 bits per heavy atom. The summed E-state index contributed by atoms with van der Waals surface area (Å²) in [4.78, 5) is 16.8. The van der Waals surface area contributed by atoms with Crippen LogP contribution in [0.5, 0.6) is 0 Å². The second kappa shape index (κ2) is 8.69. The van der Waals surface area contributed by atoms with Gasteiger partial charge in [0.2, 0.25) is 0 Å². The number of aromatic nitrogens is 2. The number of carbonyl (C=O) groups excluding carboxylic acids is 1. The Morgan fingerprint density at radius 1 is 1.06 bits per heavy atom. The molecular weight excluding hydrogens is 394 g/mol. The van der Waals surface area contributed by atoms with Crippen molar-refractivity contribution in [3.8, 4) is 11.1 Å². The predicted octanol–water partition coefficient (Wildman–Crippen LogP) is 3.52. The van der Waals surface area contributed by atoms with Gasteiger partial charge < -0.3 is 14.2 Å². The number of benzene rings is 2. The maximum absolute atomic E-state index is 12.4. The van der Waals surface area contributed by atoms with Crippen LogP contribution in [0.4, 0.5) is 0 Å². The molecule has 2 aromatic carbocycles. The molecule has 7 heteroatoms. The molecule has 3 N–H and O–H groups in total. The minimum Gasteiger partial charge on any atom is -0.383 e. The first-order valence-corrected chi connectivity index (χ1v) is 9.86. The SMILES string of the molecule is C[C@](OCc1ccc(-c2ccccc2)cc1)(C(=O)NO)[C@@H](O)c1cn2ccccc2n1. The van der Waals surface area contributed by atoms with Gasteiger partial charge in [0, 0.05) is 12.4 Å². The van der Waals surface area contributed by atoms with Crippen LogP contribution in [0.15, 0.2) is 85.2 Å². The van der Waals surface area contributed by atoms with E-state index in [0.717, 1.165) is 16.7 Å². The normalized spacial score (nSPS) is 14.2. The van der Waals surface area contributed by atoms with Crippen LogP contribution in [0, 0.1) is 0 Å². The maximum atomic E-state index is 12.4. The first-order valence-electron chi connectivity index (χ1n) is 9.86. The molecule has 0 bridgehead atoms. The van der Waals surface area contributed by atoms with Crippen molar-refractivity contribution in [3.63, 3.8) is 0 Å². The summed E-state index contributed by atoms with van der Waals surface area (Å²) in [6, 6.07) is 23.2. The van der Waals surface area contributed by atoms with Crippen LogP contribution in [0.1, 0.15) is 24.3 Å². The van der Waals surface area contributed by atoms with E-state index in [1.165, 1.54) is 6.92 Å². The van der Waals surface area contributed by atoms with Gasteiger partial charge in [-0.25, -0.2) is 10.5 Å². The van der Waals surface area contributed by atoms with E-state index in [0.29, 0.717) is 5.65 Å². The molecule has 4 aromatic rings. The number of aliphatic hydroxyl groups is 1. The summed E-state index contributed by atoms with van der Waals surface area (Å²) in [5.74, 6) is -0.863. The summed E-state index contributed by atoms with van der Waals surface area (Å²) in [5.41, 5.74) is 3.70. The van der Waals surface area contributed by atoms with Gasteiger partial charge in [-0.1, -0.05) is 60.7 Å². The minimum atomic E-state index is -1.76. The van der Waals surface area contributed by atoms with Crippen LogP contribution >= 0.6 is 0 Å². The van der Waals surface area contributed by atoms with E-state index >= 15 is 0 Å². The van der Waals surface area contributed by atoms with Crippen molar-refractivity contribution in [2.45, 2.75) is 25.2 Å². The Balaban J connectivity index is 1.54. The van der Waals surface area contributed by atoms with E-state index in [1.807, 2.05) is 66.7 Å². The van der Waals surface area contributed by atoms with E-state index in [2.05, 4.69) is 4.98 Å². The highest BCUT2D eigenvalue weighted by Crippen LogP contribution is 2.31. The van der Waals surface area contributed by atoms with Gasteiger partial charge in [0.05, 0.1) is 12.3 Å². The fraction of sp³-hybridized carbons (Fsp3) is 0.167. The summed E-state index contributed by atoms with van der Waals surface area (Å²) in [6.45, 7) is 1.48. The Labute approximate surface area is 179 Å². The van der Waals surface area contributed by atoms with Crippen LogP contribution in [-0.2, 0) is 16.1 Å². The van der Waals surface area contributed by atoms with Crippen molar-refractivity contribution in [1.82, 2.24) is 14.9 Å². The van der Waals surface area contributed by atoms with Gasteiger partial charge >= 0.3 is 0 Å². The lowest BCUT2D eigenvalue weighted by Crippen LogP contribution is -2.50. The number of nitrogens with one attached hydrogen (secondary N) is 1. The van der Waals surface area contributed by atoms with E-state index < -0.39 is 17.6 Å². The Hall–Kier alpha value is -3.52. The summed E-state index contributed by atoms with van der Waals surface area (Å²) >= 11 is 0. The second-order valence-corrected chi connectivity index (χ2v) is 7.43. The number of nitrogens with zero attached hydrogens (tertiary/aromatic N) is 2. The van der Waals surface area contributed by atoms with Gasteiger partial charge in [-0.2, -0.15) is 0 Å². The summed E-state index contributed by atoms with van der Waals surface area (Å²) in [6.07, 6.45) is 2.01. The number of fused-ring (bicyclic) bond motifs is 1. The molecule has 7 nitrogen and oxygen atoms in total. The lowest BCUT2D eigenvalue weighted by atomic mass is 9.95. The minimum absolute atomic E-state index is 0.0589. The number of imidazole rings is 1. The number of hydroxylamine groups is 1. The number of ether oxygens (including phenoxy) is 1. The summed E-state index contributed by atoms with van der Waals surface area (Å²) in [5, 5.41) is 20.2. The van der Waals surface area contributed by atoms with E-state index in [9.17, 15) is 15.1 Å². The van der Waals surface area contributed by atoms with Crippen molar-refractivity contribution in [2.24, 2.45) is 0 Å². The zero-order valence-electron chi connectivity index (χ0n) is 17.0. The number of hydrogen-bond donors (Lipinski definition) is 3. The van der Waals surface area contributed by atoms with Gasteiger partial charge in [-0.05, 0) is 35.7 Å². The lowest BCUT2D eigenvalue weighted by molar-refractivity contribution is -0.174. The third-order valence-electron chi connectivity index (χ3n) is 5.34. The molecule has 31 heavy (non-hydrogen) atoms. The van der Waals surface area contributed by atoms with Gasteiger partial charge in [-0.15, -0.1) is 0 Å². The standard InChI is InChI=1S/C24H23N3O4/c1-24(23(29)26-30,22(28)20-15-27-14-6-5-9-21(27)25-20)31-16-17-10-12-19(13-11-17)18-7-3-2-4-8-18/h2-15,22,28,30H,16H2,1H3,(H,26,29)/t22-,24+/m0/s1. The van der Waals surface area contributed by atoms with Crippen LogP contribution in [-0.4, -0.2) is 31.2 Å². The molecule has 0 radical (unpaired) electrons. The monoisotopic (exact) mass is 417 g/mol. The first-order chi connectivity index (χ1) is 15.0.